The van der Waals surface area contributed by atoms with E-state index in [0.29, 0.717) is 6.10 Å². The molecule has 1 heterocycles. The van der Waals surface area contributed by atoms with Gasteiger partial charge in [-0.3, -0.25) is 0 Å². The lowest BCUT2D eigenvalue weighted by Crippen LogP contribution is -2.33. The van der Waals surface area contributed by atoms with Crippen LogP contribution in [0, 0.1) is 29.6 Å². The van der Waals surface area contributed by atoms with Gasteiger partial charge in [0.2, 0.25) is 0 Å². The summed E-state index contributed by atoms with van der Waals surface area (Å²) < 4.78 is 6.07. The molecule has 0 aromatic rings. The van der Waals surface area contributed by atoms with Gasteiger partial charge in [0.05, 0.1) is 12.7 Å². The van der Waals surface area contributed by atoms with Crippen LogP contribution in [-0.2, 0) is 4.74 Å². The standard InChI is InChI=1S/C22H40O/c1-3-5-17-6-8-18(9-7-17)19-10-12-20(13-11-19)21-14-15-22(4-2)23-16-21/h17-22H,3-16H2,1-2H3. The third-order valence-electron chi connectivity index (χ3n) is 7.60. The minimum Gasteiger partial charge on any atom is -0.378 e. The second-order valence-electron chi connectivity index (χ2n) is 8.95. The smallest absolute Gasteiger partial charge is 0.0572 e. The van der Waals surface area contributed by atoms with Crippen molar-refractivity contribution in [2.45, 2.75) is 103 Å². The molecule has 2 aliphatic carbocycles. The van der Waals surface area contributed by atoms with Crippen LogP contribution in [0.25, 0.3) is 0 Å². The van der Waals surface area contributed by atoms with Crippen LogP contribution >= 0.6 is 0 Å². The Kier molecular flexibility index (Phi) is 6.86. The summed E-state index contributed by atoms with van der Waals surface area (Å²) in [6, 6.07) is 0. The van der Waals surface area contributed by atoms with Crippen LogP contribution in [-0.4, -0.2) is 12.7 Å². The summed E-state index contributed by atoms with van der Waals surface area (Å²) in [6.45, 7) is 5.69. The predicted octanol–water partition coefficient (Wildman–Crippen LogP) is 6.60. The molecule has 1 saturated heterocycles. The summed E-state index contributed by atoms with van der Waals surface area (Å²) in [6.07, 6.45) is 19.6. The van der Waals surface area contributed by atoms with Gasteiger partial charge in [-0.1, -0.05) is 39.5 Å². The maximum atomic E-state index is 6.07. The quantitative estimate of drug-likeness (QED) is 0.554. The van der Waals surface area contributed by atoms with Gasteiger partial charge in [-0.05, 0) is 87.4 Å². The summed E-state index contributed by atoms with van der Waals surface area (Å²) in [5.74, 6) is 5.09. The number of hydrogen-bond acceptors (Lipinski definition) is 1. The number of hydrogen-bond donors (Lipinski definition) is 0. The first-order valence-electron chi connectivity index (χ1n) is 10.9. The van der Waals surface area contributed by atoms with E-state index in [1.807, 2.05) is 0 Å². The van der Waals surface area contributed by atoms with Crippen LogP contribution in [0.1, 0.15) is 97.3 Å². The van der Waals surface area contributed by atoms with Crippen molar-refractivity contribution in [2.24, 2.45) is 29.6 Å². The van der Waals surface area contributed by atoms with Gasteiger partial charge >= 0.3 is 0 Å². The van der Waals surface area contributed by atoms with Gasteiger partial charge < -0.3 is 4.74 Å². The van der Waals surface area contributed by atoms with Crippen molar-refractivity contribution in [3.63, 3.8) is 0 Å². The highest BCUT2D eigenvalue weighted by molar-refractivity contribution is 4.85. The fraction of sp³-hybridized carbons (Fsp3) is 1.00. The first-order valence-corrected chi connectivity index (χ1v) is 10.9. The molecule has 0 N–H and O–H groups in total. The lowest BCUT2D eigenvalue weighted by atomic mass is 9.66. The Bertz CT molecular complexity index is 315. The van der Waals surface area contributed by atoms with Crippen molar-refractivity contribution in [3.05, 3.63) is 0 Å². The summed E-state index contributed by atoms with van der Waals surface area (Å²) in [4.78, 5) is 0. The maximum absolute atomic E-state index is 6.07. The zero-order valence-electron chi connectivity index (χ0n) is 15.8. The predicted molar refractivity (Wildman–Crippen MR) is 98.6 cm³/mol. The van der Waals surface area contributed by atoms with Crippen LogP contribution in [0.3, 0.4) is 0 Å². The molecule has 2 atom stereocenters. The zero-order valence-corrected chi connectivity index (χ0v) is 15.8. The fourth-order valence-corrected chi connectivity index (χ4v) is 5.96. The van der Waals surface area contributed by atoms with Crippen molar-refractivity contribution < 1.29 is 4.74 Å². The van der Waals surface area contributed by atoms with Crippen LogP contribution in [0.2, 0.25) is 0 Å². The van der Waals surface area contributed by atoms with Gasteiger partial charge in [0.1, 0.15) is 0 Å². The average Bonchev–Trinajstić information content (AvgIpc) is 2.63. The Hall–Kier alpha value is -0.0400. The molecule has 0 aromatic heterocycles. The molecule has 1 nitrogen and oxygen atoms in total. The van der Waals surface area contributed by atoms with Gasteiger partial charge in [0, 0.05) is 0 Å². The number of ether oxygens (including phenoxy) is 1. The van der Waals surface area contributed by atoms with E-state index in [0.717, 1.165) is 36.2 Å². The normalized spacial score (nSPS) is 42.5. The second-order valence-corrected chi connectivity index (χ2v) is 8.95. The van der Waals surface area contributed by atoms with Crippen LogP contribution in [0.5, 0.6) is 0 Å². The van der Waals surface area contributed by atoms with E-state index in [1.165, 1.54) is 70.6 Å². The maximum Gasteiger partial charge on any atom is 0.0572 e. The molecule has 2 unspecified atom stereocenters. The highest BCUT2D eigenvalue weighted by Crippen LogP contribution is 2.44. The van der Waals surface area contributed by atoms with Gasteiger partial charge in [-0.15, -0.1) is 0 Å². The van der Waals surface area contributed by atoms with Crippen molar-refractivity contribution in [1.29, 1.82) is 0 Å². The number of rotatable bonds is 5. The molecule has 3 fully saturated rings. The van der Waals surface area contributed by atoms with Gasteiger partial charge in [-0.25, -0.2) is 0 Å². The Morgan fingerprint density at radius 3 is 1.65 bits per heavy atom. The molecular weight excluding hydrogens is 280 g/mol. The summed E-state index contributed by atoms with van der Waals surface area (Å²) >= 11 is 0. The van der Waals surface area contributed by atoms with Gasteiger partial charge in [0.15, 0.2) is 0 Å². The topological polar surface area (TPSA) is 9.23 Å². The third kappa shape index (κ3) is 4.74. The molecule has 0 amide bonds. The van der Waals surface area contributed by atoms with Crippen molar-refractivity contribution in [2.75, 3.05) is 6.61 Å². The Labute approximate surface area is 144 Å². The third-order valence-corrected chi connectivity index (χ3v) is 7.60. The van der Waals surface area contributed by atoms with Gasteiger partial charge in [-0.2, -0.15) is 0 Å². The highest BCUT2D eigenvalue weighted by Gasteiger charge is 2.34. The summed E-state index contributed by atoms with van der Waals surface area (Å²) in [5.41, 5.74) is 0. The van der Waals surface area contributed by atoms with Crippen LogP contribution in [0.15, 0.2) is 0 Å². The molecule has 134 valence electrons. The Balaban J connectivity index is 1.37. The monoisotopic (exact) mass is 320 g/mol. The molecule has 3 aliphatic rings. The molecule has 3 rings (SSSR count). The van der Waals surface area contributed by atoms with E-state index in [2.05, 4.69) is 13.8 Å². The lowest BCUT2D eigenvalue weighted by molar-refractivity contribution is -0.0415. The lowest BCUT2D eigenvalue weighted by Gasteiger charge is -2.41. The molecule has 1 heteroatoms. The molecule has 0 bridgehead atoms. The minimum atomic E-state index is 0.570. The minimum absolute atomic E-state index is 0.570. The summed E-state index contributed by atoms with van der Waals surface area (Å²) in [7, 11) is 0. The van der Waals surface area contributed by atoms with Crippen molar-refractivity contribution in [1.82, 2.24) is 0 Å². The first-order chi connectivity index (χ1) is 11.3. The molecule has 0 spiro atoms. The van der Waals surface area contributed by atoms with Crippen molar-refractivity contribution >= 4 is 0 Å². The summed E-state index contributed by atoms with van der Waals surface area (Å²) in [5, 5.41) is 0. The van der Waals surface area contributed by atoms with E-state index in [-0.39, 0.29) is 0 Å². The van der Waals surface area contributed by atoms with E-state index < -0.39 is 0 Å². The van der Waals surface area contributed by atoms with Gasteiger partial charge in [0.25, 0.3) is 0 Å². The highest BCUT2D eigenvalue weighted by atomic mass is 16.5. The van der Waals surface area contributed by atoms with Crippen LogP contribution in [0.4, 0.5) is 0 Å². The Morgan fingerprint density at radius 2 is 1.17 bits per heavy atom. The van der Waals surface area contributed by atoms with E-state index >= 15 is 0 Å². The molecule has 23 heavy (non-hydrogen) atoms. The molecule has 2 saturated carbocycles. The first kappa shape index (κ1) is 17.8. The zero-order chi connectivity index (χ0) is 16.1. The second kappa shape index (κ2) is 8.88. The fourth-order valence-electron chi connectivity index (χ4n) is 5.96. The van der Waals surface area contributed by atoms with E-state index in [4.69, 9.17) is 4.74 Å². The largest absolute Gasteiger partial charge is 0.378 e. The average molecular weight is 321 g/mol. The SMILES string of the molecule is CCCC1CCC(C2CCC(C3CCC(CC)OC3)CC2)CC1. The molecule has 0 aromatic carbocycles. The Morgan fingerprint density at radius 1 is 0.652 bits per heavy atom. The molecule has 1 aliphatic heterocycles. The molecular formula is C22H40O. The van der Waals surface area contributed by atoms with E-state index in [1.54, 1.807) is 12.8 Å². The van der Waals surface area contributed by atoms with E-state index in [9.17, 15) is 0 Å². The molecule has 0 radical (unpaired) electrons. The van der Waals surface area contributed by atoms with Crippen LogP contribution < -0.4 is 0 Å². The van der Waals surface area contributed by atoms with Crippen molar-refractivity contribution in [3.8, 4) is 0 Å².